The number of carbonyl (C=O) groups excluding carboxylic acids is 4. The SMILES string of the molecule is CCNC(=O)c1cn2ncnc(Nc3cc(C(=O)N(CC)C(=O)OCOC(=O)c4cccnc4)ccc3C)c2c1C. The van der Waals surface area contributed by atoms with Gasteiger partial charge in [0.1, 0.15) is 11.8 Å². The van der Waals surface area contributed by atoms with E-state index in [4.69, 9.17) is 9.47 Å². The molecule has 212 valence electrons. The maximum Gasteiger partial charge on any atom is 0.419 e. The molecule has 2 N–H and O–H groups in total. The van der Waals surface area contributed by atoms with Crippen LogP contribution in [0.3, 0.4) is 0 Å². The highest BCUT2D eigenvalue weighted by atomic mass is 16.7. The number of benzene rings is 1. The van der Waals surface area contributed by atoms with Crippen LogP contribution in [-0.2, 0) is 9.47 Å². The van der Waals surface area contributed by atoms with Crippen LogP contribution in [0.2, 0.25) is 0 Å². The number of aryl methyl sites for hydroxylation is 2. The Balaban J connectivity index is 1.50. The molecular weight excluding hydrogens is 530 g/mol. The molecule has 0 atom stereocenters. The number of anilines is 2. The summed E-state index contributed by atoms with van der Waals surface area (Å²) in [6, 6.07) is 7.99. The van der Waals surface area contributed by atoms with Gasteiger partial charge in [0.05, 0.1) is 11.1 Å². The molecule has 13 heteroatoms. The van der Waals surface area contributed by atoms with Crippen LogP contribution >= 0.6 is 0 Å². The predicted molar refractivity (Wildman–Crippen MR) is 148 cm³/mol. The number of carbonyl (C=O) groups is 4. The van der Waals surface area contributed by atoms with Gasteiger partial charge < -0.3 is 20.1 Å². The molecule has 0 aliphatic carbocycles. The van der Waals surface area contributed by atoms with Gasteiger partial charge in [0, 0.05) is 42.9 Å². The van der Waals surface area contributed by atoms with E-state index in [1.165, 1.54) is 24.8 Å². The Hall–Kier alpha value is -5.33. The molecule has 0 saturated carbocycles. The molecule has 0 spiro atoms. The first kappa shape index (κ1) is 28.7. The number of pyridine rings is 1. The molecule has 0 unspecified atom stereocenters. The maximum absolute atomic E-state index is 13.3. The van der Waals surface area contributed by atoms with Gasteiger partial charge in [0.2, 0.25) is 6.79 Å². The van der Waals surface area contributed by atoms with Crippen molar-refractivity contribution in [1.82, 2.24) is 29.8 Å². The normalized spacial score (nSPS) is 10.6. The first-order chi connectivity index (χ1) is 19.7. The van der Waals surface area contributed by atoms with Gasteiger partial charge in [-0.3, -0.25) is 14.6 Å². The van der Waals surface area contributed by atoms with Gasteiger partial charge in [-0.25, -0.2) is 24.0 Å². The Morgan fingerprint density at radius 2 is 1.85 bits per heavy atom. The summed E-state index contributed by atoms with van der Waals surface area (Å²) < 4.78 is 11.5. The molecule has 0 saturated heterocycles. The zero-order chi connectivity index (χ0) is 29.5. The number of ether oxygens (including phenoxy) is 2. The number of aromatic nitrogens is 4. The molecular formula is C28H29N7O6. The van der Waals surface area contributed by atoms with Crippen molar-refractivity contribution < 1.29 is 28.7 Å². The Kier molecular flexibility index (Phi) is 8.87. The smallest absolute Gasteiger partial charge is 0.419 e. The minimum atomic E-state index is -0.967. The highest BCUT2D eigenvalue weighted by Gasteiger charge is 2.24. The molecule has 13 nitrogen and oxygen atoms in total. The second kappa shape index (κ2) is 12.7. The Morgan fingerprint density at radius 3 is 2.56 bits per heavy atom. The summed E-state index contributed by atoms with van der Waals surface area (Å²) in [7, 11) is 0. The standard InChI is InChI=1S/C28H29N7O6/c1-5-30-25(36)21-14-35-23(18(21)4)24(31-15-32-35)33-22-12-19(10-9-17(22)3)26(37)34(6-2)28(39)41-16-40-27(38)20-8-7-11-29-13-20/h7-15H,5-6,16H2,1-4H3,(H,30,36)(H,31,32,33). The van der Waals surface area contributed by atoms with E-state index in [0.717, 1.165) is 10.5 Å². The van der Waals surface area contributed by atoms with E-state index in [0.29, 0.717) is 34.7 Å². The van der Waals surface area contributed by atoms with Crippen molar-refractivity contribution in [2.75, 3.05) is 25.2 Å². The molecule has 0 aliphatic rings. The molecule has 0 bridgehead atoms. The van der Waals surface area contributed by atoms with Crippen LogP contribution in [0.5, 0.6) is 0 Å². The summed E-state index contributed by atoms with van der Waals surface area (Å²) in [5.41, 5.74) is 3.54. The van der Waals surface area contributed by atoms with Crippen molar-refractivity contribution in [1.29, 1.82) is 0 Å². The lowest BCUT2D eigenvalue weighted by Gasteiger charge is -2.19. The van der Waals surface area contributed by atoms with Crippen LogP contribution in [0.1, 0.15) is 56.0 Å². The average Bonchev–Trinajstić information content (AvgIpc) is 3.32. The summed E-state index contributed by atoms with van der Waals surface area (Å²) in [4.78, 5) is 59.5. The van der Waals surface area contributed by atoms with Crippen molar-refractivity contribution in [2.24, 2.45) is 0 Å². The van der Waals surface area contributed by atoms with E-state index < -0.39 is 24.8 Å². The lowest BCUT2D eigenvalue weighted by Crippen LogP contribution is -2.37. The minimum Gasteiger partial charge on any atom is -0.424 e. The zero-order valence-electron chi connectivity index (χ0n) is 23.0. The van der Waals surface area contributed by atoms with Crippen LogP contribution < -0.4 is 10.6 Å². The summed E-state index contributed by atoms with van der Waals surface area (Å²) in [6.07, 6.45) is 4.85. The fourth-order valence-corrected chi connectivity index (χ4v) is 4.04. The number of hydrogen-bond acceptors (Lipinski definition) is 10. The lowest BCUT2D eigenvalue weighted by molar-refractivity contribution is -0.0102. The van der Waals surface area contributed by atoms with Gasteiger partial charge in [-0.1, -0.05) is 6.07 Å². The first-order valence-electron chi connectivity index (χ1n) is 12.8. The number of hydrogen-bond donors (Lipinski definition) is 2. The maximum atomic E-state index is 13.3. The van der Waals surface area contributed by atoms with Crippen molar-refractivity contribution >= 4 is 40.9 Å². The number of esters is 1. The predicted octanol–water partition coefficient (Wildman–Crippen LogP) is 3.65. The van der Waals surface area contributed by atoms with Gasteiger partial charge in [0.15, 0.2) is 5.82 Å². The van der Waals surface area contributed by atoms with E-state index in [-0.39, 0.29) is 23.6 Å². The second-order valence-electron chi connectivity index (χ2n) is 8.83. The van der Waals surface area contributed by atoms with Gasteiger partial charge in [-0.2, -0.15) is 5.10 Å². The second-order valence-corrected chi connectivity index (χ2v) is 8.83. The highest BCUT2D eigenvalue weighted by Crippen LogP contribution is 2.28. The largest absolute Gasteiger partial charge is 0.424 e. The van der Waals surface area contributed by atoms with Crippen molar-refractivity contribution in [2.45, 2.75) is 27.7 Å². The number of nitrogens with one attached hydrogen (secondary N) is 2. The number of amides is 3. The highest BCUT2D eigenvalue weighted by molar-refractivity contribution is 6.04. The Bertz CT molecular complexity index is 1600. The Morgan fingerprint density at radius 1 is 1.05 bits per heavy atom. The number of rotatable bonds is 9. The summed E-state index contributed by atoms with van der Waals surface area (Å²) in [5, 5.41) is 10.2. The average molecular weight is 560 g/mol. The Labute approximate surface area is 235 Å². The van der Waals surface area contributed by atoms with Gasteiger partial charge in [-0.05, 0) is 63.1 Å². The van der Waals surface area contributed by atoms with Crippen LogP contribution in [0.4, 0.5) is 16.3 Å². The number of fused-ring (bicyclic) bond motifs is 1. The van der Waals surface area contributed by atoms with Crippen molar-refractivity contribution in [3.8, 4) is 0 Å². The van der Waals surface area contributed by atoms with Crippen LogP contribution in [-0.4, -0.2) is 68.2 Å². The summed E-state index contributed by atoms with van der Waals surface area (Å²) >= 11 is 0. The topological polar surface area (TPSA) is 157 Å². The molecule has 4 aromatic rings. The molecule has 3 amide bonds. The molecule has 1 aromatic carbocycles. The molecule has 0 aliphatic heterocycles. The van der Waals surface area contributed by atoms with E-state index in [1.807, 2.05) is 13.8 Å². The minimum absolute atomic E-state index is 0.0172. The molecule has 3 aromatic heterocycles. The van der Waals surface area contributed by atoms with Crippen LogP contribution in [0, 0.1) is 13.8 Å². The zero-order valence-corrected chi connectivity index (χ0v) is 23.0. The number of nitrogens with zero attached hydrogens (tertiary/aromatic N) is 5. The van der Waals surface area contributed by atoms with Gasteiger partial charge in [0.25, 0.3) is 11.8 Å². The third-order valence-corrected chi connectivity index (χ3v) is 6.20. The quantitative estimate of drug-likeness (QED) is 0.229. The van der Waals surface area contributed by atoms with E-state index in [1.54, 1.807) is 48.8 Å². The van der Waals surface area contributed by atoms with E-state index >= 15 is 0 Å². The van der Waals surface area contributed by atoms with Crippen molar-refractivity contribution in [3.05, 3.63) is 83.1 Å². The summed E-state index contributed by atoms with van der Waals surface area (Å²) in [6.45, 7) is 6.94. The summed E-state index contributed by atoms with van der Waals surface area (Å²) in [5.74, 6) is -1.11. The fourth-order valence-electron chi connectivity index (χ4n) is 4.04. The lowest BCUT2D eigenvalue weighted by atomic mass is 10.1. The first-order valence-corrected chi connectivity index (χ1v) is 12.8. The van der Waals surface area contributed by atoms with E-state index in [9.17, 15) is 19.2 Å². The van der Waals surface area contributed by atoms with Gasteiger partial charge in [-0.15, -0.1) is 0 Å². The van der Waals surface area contributed by atoms with Crippen molar-refractivity contribution in [3.63, 3.8) is 0 Å². The third-order valence-electron chi connectivity index (χ3n) is 6.20. The van der Waals surface area contributed by atoms with Gasteiger partial charge >= 0.3 is 12.1 Å². The molecule has 0 radical (unpaired) electrons. The monoisotopic (exact) mass is 559 g/mol. The third kappa shape index (κ3) is 6.30. The molecule has 0 fully saturated rings. The molecule has 3 heterocycles. The fraction of sp³-hybridized carbons (Fsp3) is 0.250. The van der Waals surface area contributed by atoms with Crippen LogP contribution in [0.15, 0.2) is 55.2 Å². The van der Waals surface area contributed by atoms with E-state index in [2.05, 4.69) is 25.7 Å². The molecule has 41 heavy (non-hydrogen) atoms. The number of imide groups is 1. The molecule has 4 rings (SSSR count). The van der Waals surface area contributed by atoms with Crippen LogP contribution in [0.25, 0.3) is 5.52 Å².